The van der Waals surface area contributed by atoms with Gasteiger partial charge in [0.15, 0.2) is 5.76 Å². The van der Waals surface area contributed by atoms with Crippen LogP contribution in [0.3, 0.4) is 0 Å². The van der Waals surface area contributed by atoms with E-state index in [-0.39, 0.29) is 24.7 Å². The third kappa shape index (κ3) is 4.61. The van der Waals surface area contributed by atoms with Gasteiger partial charge >= 0.3 is 5.97 Å². The Morgan fingerprint density at radius 2 is 2.00 bits per heavy atom. The molecule has 2 saturated heterocycles. The van der Waals surface area contributed by atoms with Gasteiger partial charge in [-0.3, -0.25) is 14.5 Å². The number of amides is 1. The number of hydrogen-bond donors (Lipinski definition) is 1. The van der Waals surface area contributed by atoms with E-state index < -0.39 is 12.0 Å². The minimum Gasteiger partial charge on any atom is -0.481 e. The summed E-state index contributed by atoms with van der Waals surface area (Å²) in [4.78, 5) is 27.6. The van der Waals surface area contributed by atoms with Crippen molar-refractivity contribution in [3.8, 4) is 0 Å². The van der Waals surface area contributed by atoms with Crippen LogP contribution in [0.5, 0.6) is 0 Å². The highest BCUT2D eigenvalue weighted by Gasteiger charge is 2.31. The van der Waals surface area contributed by atoms with E-state index in [4.69, 9.17) is 14.3 Å². The number of piperidine rings is 1. The van der Waals surface area contributed by atoms with Gasteiger partial charge in [-0.1, -0.05) is 6.92 Å². The molecule has 0 unspecified atom stereocenters. The summed E-state index contributed by atoms with van der Waals surface area (Å²) < 4.78 is 11.1. The molecule has 0 spiro atoms. The second kappa shape index (κ2) is 8.01. The molecular weight excluding hydrogens is 324 g/mol. The molecule has 1 N–H and O–H groups in total. The first-order chi connectivity index (χ1) is 12.0. The number of carboxylic acids is 1. The molecule has 2 aliphatic rings. The predicted octanol–water partition coefficient (Wildman–Crippen LogP) is 1.83. The summed E-state index contributed by atoms with van der Waals surface area (Å²) in [6, 6.07) is 3.09. The Morgan fingerprint density at radius 3 is 2.72 bits per heavy atom. The number of carboxylic acid groups (broad SMARTS) is 1. The van der Waals surface area contributed by atoms with E-state index in [0.29, 0.717) is 19.7 Å². The Bertz CT molecular complexity index is 606. The Kier molecular flexibility index (Phi) is 5.75. The third-order valence-corrected chi connectivity index (χ3v) is 5.03. The number of nitrogens with zero attached hydrogens (tertiary/aromatic N) is 2. The largest absolute Gasteiger partial charge is 0.481 e. The van der Waals surface area contributed by atoms with Gasteiger partial charge < -0.3 is 19.2 Å². The first-order valence-corrected chi connectivity index (χ1v) is 8.94. The van der Waals surface area contributed by atoms with Crippen molar-refractivity contribution < 1.29 is 23.8 Å². The van der Waals surface area contributed by atoms with E-state index >= 15 is 0 Å². The smallest absolute Gasteiger partial charge is 0.305 e. The first-order valence-electron chi connectivity index (χ1n) is 8.94. The van der Waals surface area contributed by atoms with Crippen molar-refractivity contribution in [2.75, 3.05) is 32.8 Å². The zero-order valence-electron chi connectivity index (χ0n) is 14.6. The second-order valence-corrected chi connectivity index (χ2v) is 7.05. The van der Waals surface area contributed by atoms with Gasteiger partial charge in [-0.25, -0.2) is 0 Å². The molecule has 25 heavy (non-hydrogen) atoms. The molecule has 2 aliphatic heterocycles. The highest BCUT2D eigenvalue weighted by molar-refractivity contribution is 5.92. The number of carbonyl (C=O) groups excluding carboxylic acids is 1. The van der Waals surface area contributed by atoms with Crippen LogP contribution >= 0.6 is 0 Å². The molecule has 138 valence electrons. The fraction of sp³-hybridized carbons (Fsp3) is 0.667. The molecule has 1 amide bonds. The van der Waals surface area contributed by atoms with Gasteiger partial charge in [0.1, 0.15) is 5.76 Å². The Labute approximate surface area is 147 Å². The van der Waals surface area contributed by atoms with Crippen LogP contribution in [0.25, 0.3) is 0 Å². The summed E-state index contributed by atoms with van der Waals surface area (Å²) >= 11 is 0. The lowest BCUT2D eigenvalue weighted by atomic mass is 9.99. The first kappa shape index (κ1) is 17.9. The van der Waals surface area contributed by atoms with Crippen molar-refractivity contribution in [2.45, 2.75) is 38.8 Å². The maximum Gasteiger partial charge on any atom is 0.305 e. The van der Waals surface area contributed by atoms with Crippen LogP contribution in [0, 0.1) is 5.92 Å². The fourth-order valence-corrected chi connectivity index (χ4v) is 3.45. The van der Waals surface area contributed by atoms with Gasteiger partial charge in [0.05, 0.1) is 32.2 Å². The molecule has 1 aromatic heterocycles. The van der Waals surface area contributed by atoms with Gasteiger partial charge in [-0.05, 0) is 44.0 Å². The molecule has 3 heterocycles. The van der Waals surface area contributed by atoms with Gasteiger partial charge in [-0.2, -0.15) is 0 Å². The molecule has 1 aromatic rings. The minimum atomic E-state index is -0.937. The van der Waals surface area contributed by atoms with Crippen LogP contribution in [0.15, 0.2) is 16.5 Å². The van der Waals surface area contributed by atoms with E-state index in [1.54, 1.807) is 11.0 Å². The number of furan rings is 1. The number of carbonyl (C=O) groups is 2. The number of ether oxygens (including phenoxy) is 1. The van der Waals surface area contributed by atoms with Gasteiger partial charge in [0.2, 0.25) is 0 Å². The fourth-order valence-electron chi connectivity index (χ4n) is 3.45. The van der Waals surface area contributed by atoms with Crippen molar-refractivity contribution in [3.63, 3.8) is 0 Å². The van der Waals surface area contributed by atoms with Crippen molar-refractivity contribution in [2.24, 2.45) is 5.92 Å². The molecule has 0 aromatic carbocycles. The molecule has 0 saturated carbocycles. The Hall–Kier alpha value is -1.86. The number of likely N-dealkylation sites (tertiary alicyclic amines) is 1. The molecule has 0 radical (unpaired) electrons. The molecule has 2 fully saturated rings. The molecule has 7 nitrogen and oxygen atoms in total. The quantitative estimate of drug-likeness (QED) is 0.872. The molecule has 7 heteroatoms. The third-order valence-electron chi connectivity index (χ3n) is 5.03. The highest BCUT2D eigenvalue weighted by atomic mass is 16.5. The maximum absolute atomic E-state index is 12.7. The topological polar surface area (TPSA) is 83.2 Å². The standard InChI is InChI=1S/C18H26N2O5/c1-13-4-6-19(7-5-13)11-15-2-3-16(25-15)18(23)20-8-9-24-12-14(20)10-17(21)22/h2-3,13-14H,4-12H2,1H3,(H,21,22)/t14-/m0/s1. The number of hydrogen-bond acceptors (Lipinski definition) is 5. The molecule has 3 rings (SSSR count). The van der Waals surface area contributed by atoms with E-state index in [1.165, 1.54) is 12.8 Å². The van der Waals surface area contributed by atoms with E-state index in [0.717, 1.165) is 24.8 Å². The summed E-state index contributed by atoms with van der Waals surface area (Å²) in [5, 5.41) is 9.02. The summed E-state index contributed by atoms with van der Waals surface area (Å²) in [7, 11) is 0. The van der Waals surface area contributed by atoms with Gasteiger partial charge in [-0.15, -0.1) is 0 Å². The normalized spacial score (nSPS) is 22.9. The zero-order valence-corrected chi connectivity index (χ0v) is 14.6. The lowest BCUT2D eigenvalue weighted by Gasteiger charge is -2.34. The van der Waals surface area contributed by atoms with E-state index in [2.05, 4.69) is 11.8 Å². The average Bonchev–Trinajstić information content (AvgIpc) is 3.05. The van der Waals surface area contributed by atoms with Crippen LogP contribution in [0.4, 0.5) is 0 Å². The summed E-state index contributed by atoms with van der Waals surface area (Å²) in [5.41, 5.74) is 0. The summed E-state index contributed by atoms with van der Waals surface area (Å²) in [6.07, 6.45) is 2.26. The molecule has 1 atom stereocenters. The van der Waals surface area contributed by atoms with Gasteiger partial charge in [0, 0.05) is 6.54 Å². The number of morpholine rings is 1. The maximum atomic E-state index is 12.7. The highest BCUT2D eigenvalue weighted by Crippen LogP contribution is 2.21. The van der Waals surface area contributed by atoms with Gasteiger partial charge in [0.25, 0.3) is 5.91 Å². The van der Waals surface area contributed by atoms with Crippen molar-refractivity contribution in [1.29, 1.82) is 0 Å². The van der Waals surface area contributed by atoms with Crippen LogP contribution in [-0.2, 0) is 16.1 Å². The minimum absolute atomic E-state index is 0.120. The number of rotatable bonds is 5. The van der Waals surface area contributed by atoms with E-state index in [9.17, 15) is 9.59 Å². The molecule has 0 aliphatic carbocycles. The van der Waals surface area contributed by atoms with Crippen LogP contribution in [-0.4, -0.2) is 65.7 Å². The summed E-state index contributed by atoms with van der Waals surface area (Å²) in [5.74, 6) is 0.636. The lowest BCUT2D eigenvalue weighted by molar-refractivity contribution is -0.139. The average molecular weight is 350 g/mol. The van der Waals surface area contributed by atoms with Crippen LogP contribution in [0.2, 0.25) is 0 Å². The molecule has 0 bridgehead atoms. The van der Waals surface area contributed by atoms with Crippen molar-refractivity contribution in [3.05, 3.63) is 23.7 Å². The van der Waals surface area contributed by atoms with E-state index in [1.807, 2.05) is 6.07 Å². The summed E-state index contributed by atoms with van der Waals surface area (Å²) in [6.45, 7) is 6.14. The van der Waals surface area contributed by atoms with Crippen LogP contribution < -0.4 is 0 Å². The Balaban J connectivity index is 1.62. The van der Waals surface area contributed by atoms with Crippen molar-refractivity contribution in [1.82, 2.24) is 9.80 Å². The predicted molar refractivity (Wildman–Crippen MR) is 90.3 cm³/mol. The zero-order chi connectivity index (χ0) is 17.8. The molecular formula is C18H26N2O5. The van der Waals surface area contributed by atoms with Crippen LogP contribution in [0.1, 0.15) is 42.5 Å². The number of aliphatic carboxylic acids is 1. The Morgan fingerprint density at radius 1 is 1.24 bits per heavy atom. The van der Waals surface area contributed by atoms with Crippen molar-refractivity contribution >= 4 is 11.9 Å². The monoisotopic (exact) mass is 350 g/mol. The second-order valence-electron chi connectivity index (χ2n) is 7.05. The SMILES string of the molecule is CC1CCN(Cc2ccc(C(=O)N3CCOC[C@@H]3CC(=O)O)o2)CC1. The lowest BCUT2D eigenvalue weighted by Crippen LogP contribution is -2.49.